The third kappa shape index (κ3) is 7.86. The Balaban J connectivity index is 2.50. The number of nitrogens with zero attached hydrogens (tertiary/aromatic N) is 2. The third-order valence-electron chi connectivity index (χ3n) is 5.94. The molecule has 0 spiro atoms. The van der Waals surface area contributed by atoms with Crippen molar-refractivity contribution in [2.24, 2.45) is 0 Å². The van der Waals surface area contributed by atoms with Gasteiger partial charge in [-0.1, -0.05) is 43.6 Å². The molecule has 2 aromatic carbocycles. The Labute approximate surface area is 219 Å². The number of halogens is 1. The summed E-state index contributed by atoms with van der Waals surface area (Å²) in [5, 5.41) is 3.50. The molecular weight excluding hydrogens is 502 g/mol. The van der Waals surface area contributed by atoms with Crippen molar-refractivity contribution in [1.82, 2.24) is 10.2 Å². The fourth-order valence-corrected chi connectivity index (χ4v) is 4.71. The largest absolute Gasteiger partial charge is 0.495 e. The van der Waals surface area contributed by atoms with Crippen LogP contribution >= 0.6 is 11.6 Å². The minimum Gasteiger partial charge on any atom is -0.495 e. The van der Waals surface area contributed by atoms with E-state index in [9.17, 15) is 18.0 Å². The minimum atomic E-state index is -3.86. The van der Waals surface area contributed by atoms with Crippen LogP contribution in [0, 0.1) is 6.92 Å². The van der Waals surface area contributed by atoms with Crippen molar-refractivity contribution in [3.8, 4) is 5.75 Å². The van der Waals surface area contributed by atoms with Crippen LogP contribution < -0.4 is 14.4 Å². The summed E-state index contributed by atoms with van der Waals surface area (Å²) in [5.74, 6) is -0.470. The number of carbonyl (C=O) groups excluding carboxylic acids is 2. The predicted octanol–water partition coefficient (Wildman–Crippen LogP) is 4.15. The van der Waals surface area contributed by atoms with Gasteiger partial charge in [0.1, 0.15) is 18.3 Å². The molecule has 1 N–H and O–H groups in total. The number of nitrogens with one attached hydrogen (secondary N) is 1. The standard InChI is InChI=1S/C26H36ClN3O5S/c1-7-19(4)28-26(32)22(8-2)29(16-20-10-12-21(27)13-11-20)25(31)17-30(36(6,33)34)23-15-18(3)9-14-24(23)35-5/h9-15,19,22H,7-8,16-17H2,1-6H3,(H,28,32). The molecular formula is C26H36ClN3O5S. The highest BCUT2D eigenvalue weighted by Crippen LogP contribution is 2.31. The van der Waals surface area contributed by atoms with Crippen molar-refractivity contribution < 1.29 is 22.7 Å². The van der Waals surface area contributed by atoms with Gasteiger partial charge in [0, 0.05) is 17.6 Å². The van der Waals surface area contributed by atoms with Crippen LogP contribution in [-0.4, -0.2) is 57.1 Å². The molecule has 0 aromatic heterocycles. The Morgan fingerprint density at radius 1 is 1.08 bits per heavy atom. The van der Waals surface area contributed by atoms with E-state index in [4.69, 9.17) is 16.3 Å². The van der Waals surface area contributed by atoms with Gasteiger partial charge in [-0.25, -0.2) is 8.42 Å². The Bertz CT molecular complexity index is 1150. The lowest BCUT2D eigenvalue weighted by Gasteiger charge is -2.33. The van der Waals surface area contributed by atoms with Gasteiger partial charge >= 0.3 is 0 Å². The molecule has 0 heterocycles. The Hall–Kier alpha value is -2.78. The number of aryl methyl sites for hydroxylation is 1. The van der Waals surface area contributed by atoms with Crippen LogP contribution in [0.4, 0.5) is 5.69 Å². The molecule has 0 radical (unpaired) electrons. The molecule has 198 valence electrons. The van der Waals surface area contributed by atoms with E-state index < -0.39 is 28.5 Å². The number of hydrogen-bond acceptors (Lipinski definition) is 5. The van der Waals surface area contributed by atoms with Gasteiger partial charge in [0.2, 0.25) is 21.8 Å². The van der Waals surface area contributed by atoms with Crippen molar-refractivity contribution in [3.05, 3.63) is 58.6 Å². The normalized spacial score (nSPS) is 13.0. The van der Waals surface area contributed by atoms with Crippen molar-refractivity contribution in [2.45, 2.75) is 59.2 Å². The number of ether oxygens (including phenoxy) is 1. The highest BCUT2D eigenvalue weighted by Gasteiger charge is 2.33. The second-order valence-electron chi connectivity index (χ2n) is 8.83. The first kappa shape index (κ1) is 29.5. The zero-order valence-corrected chi connectivity index (χ0v) is 23.3. The summed E-state index contributed by atoms with van der Waals surface area (Å²) in [6.45, 7) is 7.13. The van der Waals surface area contributed by atoms with Crippen LogP contribution in [0.1, 0.15) is 44.7 Å². The summed E-state index contributed by atoms with van der Waals surface area (Å²) in [6.07, 6.45) is 2.13. The molecule has 36 heavy (non-hydrogen) atoms. The fraction of sp³-hybridized carbons (Fsp3) is 0.462. The SMILES string of the molecule is CCC(C)NC(=O)C(CC)N(Cc1ccc(Cl)cc1)C(=O)CN(c1cc(C)ccc1OC)S(C)(=O)=O. The van der Waals surface area contributed by atoms with Gasteiger partial charge in [-0.3, -0.25) is 13.9 Å². The number of rotatable bonds is 12. The zero-order valence-electron chi connectivity index (χ0n) is 21.7. The molecule has 0 saturated heterocycles. The van der Waals surface area contributed by atoms with E-state index in [1.54, 1.807) is 42.5 Å². The Morgan fingerprint density at radius 3 is 2.25 bits per heavy atom. The molecule has 0 fully saturated rings. The van der Waals surface area contributed by atoms with Crippen molar-refractivity contribution in [1.29, 1.82) is 0 Å². The summed E-state index contributed by atoms with van der Waals surface area (Å²) in [7, 11) is -2.42. The van der Waals surface area contributed by atoms with Crippen LogP contribution in [0.3, 0.4) is 0 Å². The zero-order chi connectivity index (χ0) is 27.0. The van der Waals surface area contributed by atoms with E-state index in [0.717, 1.165) is 28.1 Å². The highest BCUT2D eigenvalue weighted by atomic mass is 35.5. The van der Waals surface area contributed by atoms with Gasteiger partial charge in [0.05, 0.1) is 19.1 Å². The fourth-order valence-electron chi connectivity index (χ4n) is 3.74. The van der Waals surface area contributed by atoms with E-state index in [0.29, 0.717) is 17.2 Å². The molecule has 0 bridgehead atoms. The van der Waals surface area contributed by atoms with Crippen LogP contribution in [-0.2, 0) is 26.2 Å². The number of methoxy groups -OCH3 is 1. The number of amides is 2. The van der Waals surface area contributed by atoms with E-state index in [1.807, 2.05) is 27.7 Å². The molecule has 2 unspecified atom stereocenters. The number of hydrogen-bond donors (Lipinski definition) is 1. The molecule has 0 saturated carbocycles. The number of sulfonamides is 1. The van der Waals surface area contributed by atoms with Crippen LogP contribution in [0.2, 0.25) is 5.02 Å². The van der Waals surface area contributed by atoms with Crippen LogP contribution in [0.15, 0.2) is 42.5 Å². The van der Waals surface area contributed by atoms with Crippen molar-refractivity contribution >= 4 is 39.1 Å². The molecule has 8 nitrogen and oxygen atoms in total. The molecule has 0 aliphatic rings. The van der Waals surface area contributed by atoms with Gasteiger partial charge in [-0.15, -0.1) is 0 Å². The molecule has 2 amide bonds. The maximum Gasteiger partial charge on any atom is 0.244 e. The van der Waals surface area contributed by atoms with Gasteiger partial charge < -0.3 is 15.0 Å². The second-order valence-corrected chi connectivity index (χ2v) is 11.2. The van der Waals surface area contributed by atoms with E-state index in [2.05, 4.69) is 5.32 Å². The summed E-state index contributed by atoms with van der Waals surface area (Å²) >= 11 is 6.02. The predicted molar refractivity (Wildman–Crippen MR) is 144 cm³/mol. The molecule has 2 rings (SSSR count). The Morgan fingerprint density at radius 2 is 1.72 bits per heavy atom. The molecule has 0 aliphatic carbocycles. The summed E-state index contributed by atoms with van der Waals surface area (Å²) < 4.78 is 32.1. The smallest absolute Gasteiger partial charge is 0.244 e. The lowest BCUT2D eigenvalue weighted by Crippen LogP contribution is -2.53. The van der Waals surface area contributed by atoms with Crippen LogP contribution in [0.25, 0.3) is 0 Å². The molecule has 0 aliphatic heterocycles. The Kier molecular flexibility index (Phi) is 10.6. The van der Waals surface area contributed by atoms with Gasteiger partial charge in [0.15, 0.2) is 0 Å². The van der Waals surface area contributed by atoms with Gasteiger partial charge in [-0.05, 0) is 62.1 Å². The van der Waals surface area contributed by atoms with Crippen LogP contribution in [0.5, 0.6) is 5.75 Å². The molecule has 10 heteroatoms. The monoisotopic (exact) mass is 537 g/mol. The average molecular weight is 538 g/mol. The first-order valence-electron chi connectivity index (χ1n) is 11.9. The second kappa shape index (κ2) is 13.0. The summed E-state index contributed by atoms with van der Waals surface area (Å²) in [5.41, 5.74) is 1.84. The van der Waals surface area contributed by atoms with E-state index in [1.165, 1.54) is 12.0 Å². The number of benzene rings is 2. The lowest BCUT2D eigenvalue weighted by molar-refractivity contribution is -0.140. The lowest BCUT2D eigenvalue weighted by atomic mass is 10.1. The van der Waals surface area contributed by atoms with E-state index in [-0.39, 0.29) is 24.2 Å². The third-order valence-corrected chi connectivity index (χ3v) is 7.31. The van der Waals surface area contributed by atoms with E-state index >= 15 is 0 Å². The summed E-state index contributed by atoms with van der Waals surface area (Å²) in [4.78, 5) is 28.3. The first-order valence-corrected chi connectivity index (χ1v) is 14.1. The minimum absolute atomic E-state index is 0.0666. The topological polar surface area (TPSA) is 96.0 Å². The van der Waals surface area contributed by atoms with Gasteiger partial charge in [-0.2, -0.15) is 0 Å². The van der Waals surface area contributed by atoms with Crippen molar-refractivity contribution in [2.75, 3.05) is 24.2 Å². The highest BCUT2D eigenvalue weighted by molar-refractivity contribution is 7.92. The number of anilines is 1. The van der Waals surface area contributed by atoms with Gasteiger partial charge in [0.25, 0.3) is 0 Å². The summed E-state index contributed by atoms with van der Waals surface area (Å²) in [6, 6.07) is 11.2. The number of carbonyl (C=O) groups is 2. The molecule has 2 aromatic rings. The van der Waals surface area contributed by atoms with Crippen molar-refractivity contribution in [3.63, 3.8) is 0 Å². The first-order chi connectivity index (χ1) is 16.9. The maximum atomic E-state index is 13.8. The quantitative estimate of drug-likeness (QED) is 0.439. The molecule has 2 atom stereocenters. The maximum absolute atomic E-state index is 13.8. The average Bonchev–Trinajstić information content (AvgIpc) is 2.82.